The van der Waals surface area contributed by atoms with Crippen LogP contribution in [-0.4, -0.2) is 3.21 Å². The molecule has 0 amide bonds. The van der Waals surface area contributed by atoms with E-state index in [0.29, 0.717) is 5.92 Å². The quantitative estimate of drug-likeness (QED) is 0.258. The molecular formula is C36H28Cl2SZr-2. The average Bonchev–Trinajstić information content (AvgIpc) is 3.74. The summed E-state index contributed by atoms with van der Waals surface area (Å²) in [5.41, 5.74) is 9.50. The van der Waals surface area contributed by atoms with Gasteiger partial charge in [-0.3, -0.25) is 6.08 Å². The van der Waals surface area contributed by atoms with Gasteiger partial charge in [0.15, 0.2) is 0 Å². The minimum Gasteiger partial charge on any atom is -0.179 e. The van der Waals surface area contributed by atoms with E-state index in [-0.39, 0.29) is 24.8 Å². The zero-order chi connectivity index (χ0) is 26.2. The molecule has 0 saturated heterocycles. The van der Waals surface area contributed by atoms with Gasteiger partial charge in [0.1, 0.15) is 0 Å². The summed E-state index contributed by atoms with van der Waals surface area (Å²) in [6, 6.07) is 43.4. The number of hydrogen-bond acceptors (Lipinski definition) is 1. The van der Waals surface area contributed by atoms with Gasteiger partial charge in [0.2, 0.25) is 0 Å². The molecule has 0 nitrogen and oxygen atoms in total. The smallest absolute Gasteiger partial charge is 0.0253 e. The molecule has 198 valence electrons. The first-order valence-electron chi connectivity index (χ1n) is 12.8. The van der Waals surface area contributed by atoms with Crippen LogP contribution < -0.4 is 24.8 Å². The topological polar surface area (TPSA) is 0 Å². The molecule has 0 N–H and O–H groups in total. The molecule has 2 aliphatic carbocycles. The number of halogens is 2. The predicted octanol–water partition coefficient (Wildman–Crippen LogP) is 3.01. The van der Waals surface area contributed by atoms with Crippen molar-refractivity contribution in [3.63, 3.8) is 0 Å². The summed E-state index contributed by atoms with van der Waals surface area (Å²) < 4.78 is 1.42. The molecule has 7 rings (SSSR count). The molecule has 4 aromatic carbocycles. The molecule has 2 aliphatic rings. The zero-order valence-electron chi connectivity index (χ0n) is 22.2. The van der Waals surface area contributed by atoms with E-state index < -0.39 is 0 Å². The molecule has 0 fully saturated rings. The van der Waals surface area contributed by atoms with Crippen LogP contribution in [0.2, 0.25) is 0 Å². The van der Waals surface area contributed by atoms with Crippen LogP contribution in [0.3, 0.4) is 0 Å². The van der Waals surface area contributed by atoms with Crippen molar-refractivity contribution in [1.29, 1.82) is 0 Å². The minimum atomic E-state index is 0. The Morgan fingerprint density at radius 1 is 0.750 bits per heavy atom. The molecule has 1 unspecified atom stereocenters. The van der Waals surface area contributed by atoms with E-state index in [9.17, 15) is 0 Å². The van der Waals surface area contributed by atoms with Crippen molar-refractivity contribution in [2.45, 2.75) is 13.3 Å². The van der Waals surface area contributed by atoms with Gasteiger partial charge < -0.3 is 24.8 Å². The van der Waals surface area contributed by atoms with Gasteiger partial charge in [0, 0.05) is 0 Å². The van der Waals surface area contributed by atoms with E-state index >= 15 is 0 Å². The Bertz CT molecular complexity index is 1470. The SMILES string of the molecule is CC1[C-]=CC(c2cccs2)=C1.[Cl-].[Cl-].[Zr+2]=[C](c1ccccc1)c1ccccc1.[c-]1cccc2c1Cc1ccccc1-2. The number of benzene rings is 4. The van der Waals surface area contributed by atoms with Gasteiger partial charge in [0.05, 0.1) is 0 Å². The van der Waals surface area contributed by atoms with Crippen LogP contribution in [0, 0.1) is 18.1 Å². The first-order valence-corrected chi connectivity index (χ1v) is 14.9. The molecule has 4 heteroatoms. The Morgan fingerprint density at radius 2 is 1.38 bits per heavy atom. The number of hydrogen-bond donors (Lipinski definition) is 0. The van der Waals surface area contributed by atoms with E-state index in [1.807, 2.05) is 6.07 Å². The van der Waals surface area contributed by atoms with Gasteiger partial charge in [-0.25, -0.2) is 6.08 Å². The van der Waals surface area contributed by atoms with Crippen LogP contribution in [0.5, 0.6) is 0 Å². The van der Waals surface area contributed by atoms with Crippen LogP contribution in [0.1, 0.15) is 34.1 Å². The molecule has 1 atom stereocenters. The Kier molecular flexibility index (Phi) is 12.8. The van der Waals surface area contributed by atoms with Crippen molar-refractivity contribution in [1.82, 2.24) is 0 Å². The van der Waals surface area contributed by atoms with Crippen LogP contribution >= 0.6 is 11.3 Å². The Labute approximate surface area is 269 Å². The van der Waals surface area contributed by atoms with Gasteiger partial charge >= 0.3 is 99.2 Å². The maximum absolute atomic E-state index is 3.30. The molecule has 1 heterocycles. The summed E-state index contributed by atoms with van der Waals surface area (Å²) in [7, 11) is 0. The molecule has 0 radical (unpaired) electrons. The average molecular weight is 655 g/mol. The van der Waals surface area contributed by atoms with Crippen LogP contribution in [0.4, 0.5) is 0 Å². The van der Waals surface area contributed by atoms with Gasteiger partial charge in [-0.15, -0.1) is 5.56 Å². The summed E-state index contributed by atoms with van der Waals surface area (Å²) in [6.07, 6.45) is 8.62. The molecule has 0 saturated carbocycles. The van der Waals surface area contributed by atoms with E-state index in [4.69, 9.17) is 0 Å². The summed E-state index contributed by atoms with van der Waals surface area (Å²) in [5.74, 6) is 0.493. The molecule has 5 aromatic rings. The first kappa shape index (κ1) is 31.9. The second-order valence-electron chi connectivity index (χ2n) is 9.20. The molecular weight excluding hydrogens is 627 g/mol. The van der Waals surface area contributed by atoms with Crippen molar-refractivity contribution in [3.05, 3.63) is 172 Å². The first-order chi connectivity index (χ1) is 18.7. The fraction of sp³-hybridized carbons (Fsp3) is 0.0833. The monoisotopic (exact) mass is 652 g/mol. The van der Waals surface area contributed by atoms with Crippen LogP contribution in [0.25, 0.3) is 16.7 Å². The molecule has 1 aromatic heterocycles. The fourth-order valence-corrected chi connectivity index (χ4v) is 6.10. The van der Waals surface area contributed by atoms with Crippen molar-refractivity contribution in [3.8, 4) is 11.1 Å². The van der Waals surface area contributed by atoms with Gasteiger partial charge in [-0.1, -0.05) is 60.4 Å². The van der Waals surface area contributed by atoms with E-state index in [0.717, 1.165) is 6.42 Å². The number of fused-ring (bicyclic) bond motifs is 3. The Hall–Kier alpha value is -2.61. The normalized spacial score (nSPS) is 13.6. The van der Waals surface area contributed by atoms with Gasteiger partial charge in [-0.05, 0) is 16.7 Å². The summed E-state index contributed by atoms with van der Waals surface area (Å²) in [5, 5.41) is 2.10. The van der Waals surface area contributed by atoms with E-state index in [2.05, 4.69) is 146 Å². The van der Waals surface area contributed by atoms with E-state index in [1.54, 1.807) is 11.3 Å². The third-order valence-electron chi connectivity index (χ3n) is 6.48. The molecule has 0 spiro atoms. The third kappa shape index (κ3) is 8.21. The van der Waals surface area contributed by atoms with Gasteiger partial charge in [0.25, 0.3) is 0 Å². The minimum absolute atomic E-state index is 0. The Morgan fingerprint density at radius 3 is 1.98 bits per heavy atom. The van der Waals surface area contributed by atoms with Crippen molar-refractivity contribution in [2.24, 2.45) is 5.92 Å². The third-order valence-corrected chi connectivity index (χ3v) is 8.82. The van der Waals surface area contributed by atoms with Crippen molar-refractivity contribution >= 4 is 20.1 Å². The zero-order valence-corrected chi connectivity index (χ0v) is 26.9. The summed E-state index contributed by atoms with van der Waals surface area (Å²) in [6.45, 7) is 2.15. The number of thiophene rings is 1. The summed E-state index contributed by atoms with van der Waals surface area (Å²) in [4.78, 5) is 1.35. The fourth-order valence-electron chi connectivity index (χ4n) is 4.56. The van der Waals surface area contributed by atoms with Crippen LogP contribution in [0.15, 0.2) is 133 Å². The molecule has 0 aliphatic heterocycles. The molecule has 0 bridgehead atoms. The van der Waals surface area contributed by atoms with Crippen molar-refractivity contribution in [2.75, 3.05) is 0 Å². The second-order valence-corrected chi connectivity index (χ2v) is 11.4. The number of allylic oxidation sites excluding steroid dienone is 4. The van der Waals surface area contributed by atoms with Crippen LogP contribution in [-0.2, 0) is 30.7 Å². The second kappa shape index (κ2) is 16.0. The van der Waals surface area contributed by atoms with Gasteiger partial charge in [-0.2, -0.15) is 52.8 Å². The Balaban J connectivity index is 0.000000162. The predicted molar refractivity (Wildman–Crippen MR) is 159 cm³/mol. The largest absolute Gasteiger partial charge is 0.179 e. The van der Waals surface area contributed by atoms with Crippen molar-refractivity contribution < 1.29 is 49.0 Å². The van der Waals surface area contributed by atoms with E-state index in [1.165, 1.54) is 71.3 Å². The summed E-state index contributed by atoms with van der Waals surface area (Å²) >= 11 is 3.24. The standard InChI is InChI=1S/C13H9.C13H10.C10H9S.2ClH.Zr/c1-3-7-12-10(5-1)9-11-6-2-4-8-13(11)12;1-3-7-12(8-4-1)11-13-9-5-2-6-10-13;1-8-4-5-9(7-8)10-3-2-6-11-10;;;/h1-5,7-8H,9H2;1-10H;2-3,5-8H,1H3;2*1H;/q-1;;-1;;;+2/p-2. The number of rotatable bonds is 3. The maximum atomic E-state index is 3.30. The maximum Gasteiger partial charge on any atom is -0.0253 e. The molecule has 40 heavy (non-hydrogen) atoms.